The number of aryl methyl sites for hydroxylation is 2. The molecule has 0 aliphatic carbocycles. The number of rotatable bonds is 5. The lowest BCUT2D eigenvalue weighted by Gasteiger charge is -2.14. The number of para-hydroxylation sites is 1. The van der Waals surface area contributed by atoms with Crippen LogP contribution >= 0.6 is 0 Å². The van der Waals surface area contributed by atoms with Crippen LogP contribution in [0.4, 0.5) is 5.69 Å². The Morgan fingerprint density at radius 1 is 1.26 bits per heavy atom. The van der Waals surface area contributed by atoms with Gasteiger partial charge in [-0.2, -0.15) is 0 Å². The maximum atomic E-state index is 12.0. The second-order valence-corrected chi connectivity index (χ2v) is 5.43. The number of hydrogen-bond donors (Lipinski definition) is 2. The van der Waals surface area contributed by atoms with E-state index in [1.165, 1.54) is 10.5 Å². The highest BCUT2D eigenvalue weighted by atomic mass is 16.2. The maximum Gasteiger partial charge on any atom is 0.279 e. The van der Waals surface area contributed by atoms with Crippen LogP contribution in [0.1, 0.15) is 25.0 Å². The molecule has 1 aromatic rings. The second kappa shape index (κ2) is 7.10. The molecule has 1 atom stereocenters. The molecule has 0 aliphatic rings. The Kier molecular flexibility index (Phi) is 5.77. The van der Waals surface area contributed by atoms with Gasteiger partial charge in [-0.3, -0.25) is 4.79 Å². The molecular formula is C16H25N2O+. The first-order chi connectivity index (χ1) is 8.90. The first-order valence-corrected chi connectivity index (χ1v) is 6.71. The highest BCUT2D eigenvalue weighted by molar-refractivity contribution is 5.93. The predicted octanol–water partition coefficient (Wildman–Crippen LogP) is 1.72. The van der Waals surface area contributed by atoms with Crippen molar-refractivity contribution < 1.29 is 9.69 Å². The number of allylic oxidation sites excluding steroid dienone is 1. The van der Waals surface area contributed by atoms with Crippen molar-refractivity contribution in [3.05, 3.63) is 41.0 Å². The Bertz CT molecular complexity index is 453. The third-order valence-electron chi connectivity index (χ3n) is 3.07. The van der Waals surface area contributed by atoms with Crippen LogP contribution in [0.3, 0.4) is 0 Å². The van der Waals surface area contributed by atoms with E-state index in [4.69, 9.17) is 0 Å². The Morgan fingerprint density at radius 2 is 1.84 bits per heavy atom. The Balaban J connectivity index is 2.58. The number of hydrogen-bond acceptors (Lipinski definition) is 1. The van der Waals surface area contributed by atoms with Crippen LogP contribution in [-0.2, 0) is 4.79 Å². The summed E-state index contributed by atoms with van der Waals surface area (Å²) in [6.07, 6.45) is 2.15. The van der Waals surface area contributed by atoms with E-state index in [0.717, 1.165) is 23.4 Å². The molecule has 19 heavy (non-hydrogen) atoms. The van der Waals surface area contributed by atoms with Crippen molar-refractivity contribution in [1.82, 2.24) is 0 Å². The van der Waals surface area contributed by atoms with E-state index < -0.39 is 0 Å². The molecule has 1 rings (SSSR count). The number of nitrogens with one attached hydrogen (secondary N) is 2. The van der Waals surface area contributed by atoms with E-state index in [9.17, 15) is 4.79 Å². The van der Waals surface area contributed by atoms with Crippen LogP contribution in [-0.4, -0.2) is 26.0 Å². The molecule has 0 aromatic heterocycles. The summed E-state index contributed by atoms with van der Waals surface area (Å²) in [6.45, 7) is 9.54. The van der Waals surface area contributed by atoms with E-state index >= 15 is 0 Å². The van der Waals surface area contributed by atoms with Crippen LogP contribution in [0, 0.1) is 13.8 Å². The van der Waals surface area contributed by atoms with Crippen LogP contribution in [0.15, 0.2) is 29.8 Å². The summed E-state index contributed by atoms with van der Waals surface area (Å²) in [5.74, 6) is 0.0667. The normalized spacial score (nSPS) is 11.8. The van der Waals surface area contributed by atoms with Crippen molar-refractivity contribution in [1.29, 1.82) is 0 Å². The minimum atomic E-state index is 0.0667. The molecule has 0 aliphatic heterocycles. The predicted molar refractivity (Wildman–Crippen MR) is 80.6 cm³/mol. The Morgan fingerprint density at radius 3 is 2.37 bits per heavy atom. The van der Waals surface area contributed by atoms with Gasteiger partial charge in [-0.1, -0.05) is 23.8 Å². The van der Waals surface area contributed by atoms with Crippen molar-refractivity contribution in [3.8, 4) is 0 Å². The summed E-state index contributed by atoms with van der Waals surface area (Å²) >= 11 is 0. The highest BCUT2D eigenvalue weighted by Crippen LogP contribution is 2.18. The van der Waals surface area contributed by atoms with Gasteiger partial charge in [-0.15, -0.1) is 0 Å². The molecule has 0 saturated carbocycles. The number of likely N-dealkylation sites (N-methyl/N-ethyl adjacent to an activating group) is 1. The molecule has 1 aromatic carbocycles. The summed E-state index contributed by atoms with van der Waals surface area (Å²) in [5, 5.41) is 3.02. The molecule has 104 valence electrons. The topological polar surface area (TPSA) is 33.5 Å². The molecule has 0 fully saturated rings. The Hall–Kier alpha value is -1.61. The van der Waals surface area contributed by atoms with E-state index in [2.05, 4.69) is 25.2 Å². The first kappa shape index (κ1) is 15.4. The molecule has 3 heteroatoms. The van der Waals surface area contributed by atoms with Crippen molar-refractivity contribution in [2.45, 2.75) is 27.7 Å². The minimum absolute atomic E-state index is 0.0667. The number of benzene rings is 1. The Labute approximate surface area is 116 Å². The van der Waals surface area contributed by atoms with Crippen LogP contribution in [0.25, 0.3) is 0 Å². The highest BCUT2D eigenvalue weighted by Gasteiger charge is 2.11. The van der Waals surface area contributed by atoms with Gasteiger partial charge >= 0.3 is 0 Å². The summed E-state index contributed by atoms with van der Waals surface area (Å²) in [4.78, 5) is 13.2. The number of amides is 1. The van der Waals surface area contributed by atoms with Crippen LogP contribution < -0.4 is 10.2 Å². The SMILES string of the molecule is CC(C)=CC[NH+](C)CC(=O)Nc1c(C)cccc1C. The molecule has 0 bridgehead atoms. The van der Waals surface area contributed by atoms with Gasteiger partial charge in [0.1, 0.15) is 0 Å². The quantitative estimate of drug-likeness (QED) is 0.778. The zero-order chi connectivity index (χ0) is 14.4. The van der Waals surface area contributed by atoms with Gasteiger partial charge in [0.25, 0.3) is 5.91 Å². The van der Waals surface area contributed by atoms with E-state index in [1.54, 1.807) is 0 Å². The fraction of sp³-hybridized carbons (Fsp3) is 0.438. The van der Waals surface area contributed by atoms with E-state index in [1.807, 2.05) is 39.1 Å². The largest absolute Gasteiger partial charge is 0.326 e. The van der Waals surface area contributed by atoms with Gasteiger partial charge in [0.2, 0.25) is 0 Å². The minimum Gasteiger partial charge on any atom is -0.326 e. The number of anilines is 1. The van der Waals surface area contributed by atoms with Crippen molar-refractivity contribution in [2.24, 2.45) is 0 Å². The molecule has 0 radical (unpaired) electrons. The fourth-order valence-electron chi connectivity index (χ4n) is 1.92. The lowest BCUT2D eigenvalue weighted by molar-refractivity contribution is -0.864. The van der Waals surface area contributed by atoms with Crippen molar-refractivity contribution in [3.63, 3.8) is 0 Å². The standard InChI is InChI=1S/C16H24N2O/c1-12(2)9-10-18(5)11-15(19)17-16-13(3)7-6-8-14(16)4/h6-9H,10-11H2,1-5H3,(H,17,19)/p+1. The third kappa shape index (κ3) is 5.26. The average Bonchev–Trinajstić information content (AvgIpc) is 2.31. The van der Waals surface area contributed by atoms with Crippen molar-refractivity contribution >= 4 is 11.6 Å². The van der Waals surface area contributed by atoms with Crippen molar-refractivity contribution in [2.75, 3.05) is 25.5 Å². The van der Waals surface area contributed by atoms with Gasteiger partial charge in [0, 0.05) is 5.69 Å². The summed E-state index contributed by atoms with van der Waals surface area (Å²) in [6, 6.07) is 6.04. The molecule has 0 saturated heterocycles. The van der Waals surface area contributed by atoms with E-state index in [-0.39, 0.29) is 5.91 Å². The van der Waals surface area contributed by atoms with Gasteiger partial charge in [0.05, 0.1) is 13.6 Å². The fourth-order valence-corrected chi connectivity index (χ4v) is 1.92. The van der Waals surface area contributed by atoms with Crippen LogP contribution in [0.2, 0.25) is 0 Å². The summed E-state index contributed by atoms with van der Waals surface area (Å²) in [7, 11) is 2.03. The smallest absolute Gasteiger partial charge is 0.279 e. The maximum absolute atomic E-state index is 12.0. The summed E-state index contributed by atoms with van der Waals surface area (Å²) in [5.41, 5.74) is 4.45. The molecular weight excluding hydrogens is 236 g/mol. The van der Waals surface area contributed by atoms with Gasteiger partial charge in [0.15, 0.2) is 6.54 Å². The van der Waals surface area contributed by atoms with Crippen LogP contribution in [0.5, 0.6) is 0 Å². The molecule has 1 unspecified atom stereocenters. The monoisotopic (exact) mass is 261 g/mol. The van der Waals surface area contributed by atoms with Gasteiger partial charge in [-0.05, 0) is 44.9 Å². The molecule has 0 heterocycles. The zero-order valence-corrected chi connectivity index (χ0v) is 12.6. The molecule has 3 nitrogen and oxygen atoms in total. The lowest BCUT2D eigenvalue weighted by atomic mass is 10.1. The van der Waals surface area contributed by atoms with Gasteiger partial charge < -0.3 is 10.2 Å². The number of quaternary nitrogens is 1. The summed E-state index contributed by atoms with van der Waals surface area (Å²) < 4.78 is 0. The molecule has 0 spiro atoms. The number of carbonyl (C=O) groups is 1. The van der Waals surface area contributed by atoms with Gasteiger partial charge in [-0.25, -0.2) is 0 Å². The third-order valence-corrected chi connectivity index (χ3v) is 3.07. The second-order valence-electron chi connectivity index (χ2n) is 5.43. The molecule has 2 N–H and O–H groups in total. The molecule has 1 amide bonds. The average molecular weight is 261 g/mol. The van der Waals surface area contributed by atoms with E-state index in [0.29, 0.717) is 6.54 Å². The lowest BCUT2D eigenvalue weighted by Crippen LogP contribution is -3.09. The zero-order valence-electron chi connectivity index (χ0n) is 12.6. The first-order valence-electron chi connectivity index (χ1n) is 6.71. The number of carbonyl (C=O) groups excluding carboxylic acids is 1.